The Balaban J connectivity index is 1.92. The molecule has 0 aromatic heterocycles. The largest absolute Gasteiger partial charge is 0.385 e. The van der Waals surface area contributed by atoms with Gasteiger partial charge in [-0.25, -0.2) is 0 Å². The molecule has 1 aromatic rings. The van der Waals surface area contributed by atoms with E-state index < -0.39 is 0 Å². The quantitative estimate of drug-likeness (QED) is 0.863. The van der Waals surface area contributed by atoms with Crippen molar-refractivity contribution >= 4 is 0 Å². The van der Waals surface area contributed by atoms with Crippen molar-refractivity contribution in [1.82, 2.24) is 10.2 Å². The first-order valence-corrected chi connectivity index (χ1v) is 6.82. The summed E-state index contributed by atoms with van der Waals surface area (Å²) in [6.07, 6.45) is 1.11. The Kier molecular flexibility index (Phi) is 5.17. The summed E-state index contributed by atoms with van der Waals surface area (Å²) in [5, 5.41) is 3.60. The molecule has 1 aliphatic heterocycles. The van der Waals surface area contributed by atoms with Crippen LogP contribution in [0.4, 0.5) is 0 Å². The van der Waals surface area contributed by atoms with Gasteiger partial charge >= 0.3 is 0 Å². The predicted octanol–water partition coefficient (Wildman–Crippen LogP) is 2.06. The summed E-state index contributed by atoms with van der Waals surface area (Å²) < 4.78 is 5.17. The predicted molar refractivity (Wildman–Crippen MR) is 74.7 cm³/mol. The van der Waals surface area contributed by atoms with Crippen LogP contribution in [0.2, 0.25) is 0 Å². The lowest BCUT2D eigenvalue weighted by Gasteiger charge is -2.37. The molecule has 1 fully saturated rings. The molecule has 3 nitrogen and oxygen atoms in total. The average molecular weight is 248 g/mol. The Morgan fingerprint density at radius 2 is 2.17 bits per heavy atom. The Bertz CT molecular complexity index is 342. The van der Waals surface area contributed by atoms with E-state index in [2.05, 4.69) is 47.5 Å². The molecule has 2 rings (SSSR count). The molecule has 3 heteroatoms. The zero-order valence-electron chi connectivity index (χ0n) is 11.4. The standard InChI is InChI=1S/C15H24N2O/c1-13(8-11-18-2)17-10-9-16-15(12-17)14-6-4-3-5-7-14/h3-7,13,15-16H,8-12H2,1-2H3. The van der Waals surface area contributed by atoms with E-state index in [-0.39, 0.29) is 0 Å². The van der Waals surface area contributed by atoms with E-state index in [9.17, 15) is 0 Å². The van der Waals surface area contributed by atoms with E-state index in [1.807, 2.05) is 0 Å². The normalized spacial score (nSPS) is 22.9. The molecule has 0 amide bonds. The summed E-state index contributed by atoms with van der Waals surface area (Å²) in [5.41, 5.74) is 1.39. The van der Waals surface area contributed by atoms with Crippen LogP contribution in [0.15, 0.2) is 30.3 Å². The maximum absolute atomic E-state index is 5.17. The highest BCUT2D eigenvalue weighted by Crippen LogP contribution is 2.19. The molecular weight excluding hydrogens is 224 g/mol. The highest BCUT2D eigenvalue weighted by molar-refractivity contribution is 5.19. The van der Waals surface area contributed by atoms with Crippen molar-refractivity contribution in [2.45, 2.75) is 25.4 Å². The first kappa shape index (κ1) is 13.5. The number of nitrogens with zero attached hydrogens (tertiary/aromatic N) is 1. The third-order valence-electron chi connectivity index (χ3n) is 3.77. The number of hydrogen-bond acceptors (Lipinski definition) is 3. The van der Waals surface area contributed by atoms with Crippen LogP contribution in [0.3, 0.4) is 0 Å². The molecule has 0 radical (unpaired) electrons. The highest BCUT2D eigenvalue weighted by atomic mass is 16.5. The molecule has 0 aliphatic carbocycles. The van der Waals surface area contributed by atoms with Gasteiger partial charge in [0.05, 0.1) is 0 Å². The fourth-order valence-corrected chi connectivity index (χ4v) is 2.55. The summed E-state index contributed by atoms with van der Waals surface area (Å²) in [6, 6.07) is 11.8. The van der Waals surface area contributed by atoms with Crippen molar-refractivity contribution in [3.63, 3.8) is 0 Å². The van der Waals surface area contributed by atoms with Crippen LogP contribution < -0.4 is 5.32 Å². The summed E-state index contributed by atoms with van der Waals surface area (Å²) in [4.78, 5) is 2.56. The van der Waals surface area contributed by atoms with Crippen LogP contribution in [-0.4, -0.2) is 44.3 Å². The number of ether oxygens (including phenoxy) is 1. The van der Waals surface area contributed by atoms with Crippen molar-refractivity contribution in [1.29, 1.82) is 0 Å². The maximum Gasteiger partial charge on any atom is 0.0477 e. The van der Waals surface area contributed by atoms with Crippen LogP contribution >= 0.6 is 0 Å². The molecule has 1 aromatic carbocycles. The van der Waals surface area contributed by atoms with Gasteiger partial charge in [0.2, 0.25) is 0 Å². The van der Waals surface area contributed by atoms with Gasteiger partial charge in [0.15, 0.2) is 0 Å². The topological polar surface area (TPSA) is 24.5 Å². The molecule has 0 saturated carbocycles. The van der Waals surface area contributed by atoms with E-state index in [4.69, 9.17) is 4.74 Å². The third-order valence-corrected chi connectivity index (χ3v) is 3.77. The second-order valence-corrected chi connectivity index (χ2v) is 5.04. The van der Waals surface area contributed by atoms with Crippen LogP contribution in [0.1, 0.15) is 24.9 Å². The molecular formula is C15H24N2O. The minimum Gasteiger partial charge on any atom is -0.385 e. The van der Waals surface area contributed by atoms with Crippen molar-refractivity contribution in [3.8, 4) is 0 Å². The number of rotatable bonds is 5. The van der Waals surface area contributed by atoms with Gasteiger partial charge < -0.3 is 10.1 Å². The van der Waals surface area contributed by atoms with Crippen molar-refractivity contribution < 1.29 is 4.74 Å². The van der Waals surface area contributed by atoms with Crippen molar-refractivity contribution in [3.05, 3.63) is 35.9 Å². The number of hydrogen-bond donors (Lipinski definition) is 1. The van der Waals surface area contributed by atoms with E-state index in [1.165, 1.54) is 5.56 Å². The zero-order chi connectivity index (χ0) is 12.8. The molecule has 1 saturated heterocycles. The van der Waals surface area contributed by atoms with Crippen LogP contribution in [0.25, 0.3) is 0 Å². The Labute approximate surface area is 110 Å². The fraction of sp³-hybridized carbons (Fsp3) is 0.600. The fourth-order valence-electron chi connectivity index (χ4n) is 2.55. The summed E-state index contributed by atoms with van der Waals surface area (Å²) in [7, 11) is 1.78. The number of nitrogens with one attached hydrogen (secondary N) is 1. The van der Waals surface area contributed by atoms with E-state index in [1.54, 1.807) is 7.11 Å². The molecule has 1 N–H and O–H groups in total. The minimum atomic E-state index is 0.463. The maximum atomic E-state index is 5.17. The second-order valence-electron chi connectivity index (χ2n) is 5.04. The number of methoxy groups -OCH3 is 1. The van der Waals surface area contributed by atoms with Gasteiger partial charge in [0, 0.05) is 45.4 Å². The molecule has 0 bridgehead atoms. The first-order chi connectivity index (χ1) is 8.81. The van der Waals surface area contributed by atoms with Crippen molar-refractivity contribution in [2.75, 3.05) is 33.4 Å². The molecule has 2 unspecified atom stereocenters. The average Bonchev–Trinajstić information content (AvgIpc) is 2.46. The summed E-state index contributed by atoms with van der Waals surface area (Å²) in [6.45, 7) is 6.44. The smallest absolute Gasteiger partial charge is 0.0477 e. The lowest BCUT2D eigenvalue weighted by Crippen LogP contribution is -2.49. The highest BCUT2D eigenvalue weighted by Gasteiger charge is 2.23. The van der Waals surface area contributed by atoms with Gasteiger partial charge in [-0.05, 0) is 18.9 Å². The lowest BCUT2D eigenvalue weighted by molar-refractivity contribution is 0.113. The van der Waals surface area contributed by atoms with Crippen molar-refractivity contribution in [2.24, 2.45) is 0 Å². The van der Waals surface area contributed by atoms with E-state index >= 15 is 0 Å². The monoisotopic (exact) mass is 248 g/mol. The van der Waals surface area contributed by atoms with E-state index in [0.29, 0.717) is 12.1 Å². The molecule has 100 valence electrons. The summed E-state index contributed by atoms with van der Waals surface area (Å²) >= 11 is 0. The van der Waals surface area contributed by atoms with Gasteiger partial charge in [-0.2, -0.15) is 0 Å². The second kappa shape index (κ2) is 6.88. The third kappa shape index (κ3) is 3.55. The molecule has 2 atom stereocenters. The Morgan fingerprint density at radius 1 is 1.39 bits per heavy atom. The SMILES string of the molecule is COCCC(C)N1CCNC(c2ccccc2)C1. The Hall–Kier alpha value is -0.900. The van der Waals surface area contributed by atoms with Gasteiger partial charge in [-0.3, -0.25) is 4.90 Å². The van der Waals surface area contributed by atoms with Gasteiger partial charge in [0.25, 0.3) is 0 Å². The Morgan fingerprint density at radius 3 is 2.89 bits per heavy atom. The van der Waals surface area contributed by atoms with Gasteiger partial charge in [-0.15, -0.1) is 0 Å². The van der Waals surface area contributed by atoms with Gasteiger partial charge in [0.1, 0.15) is 0 Å². The summed E-state index contributed by atoms with van der Waals surface area (Å²) in [5.74, 6) is 0. The van der Waals surface area contributed by atoms with Crippen LogP contribution in [0.5, 0.6) is 0 Å². The first-order valence-electron chi connectivity index (χ1n) is 6.82. The molecule has 18 heavy (non-hydrogen) atoms. The van der Waals surface area contributed by atoms with E-state index in [0.717, 1.165) is 32.7 Å². The van der Waals surface area contributed by atoms with Crippen LogP contribution in [0, 0.1) is 0 Å². The molecule has 1 heterocycles. The number of benzene rings is 1. The number of piperazine rings is 1. The molecule has 1 aliphatic rings. The van der Waals surface area contributed by atoms with Crippen LogP contribution in [-0.2, 0) is 4.74 Å². The van der Waals surface area contributed by atoms with Gasteiger partial charge in [-0.1, -0.05) is 30.3 Å². The lowest BCUT2D eigenvalue weighted by atomic mass is 10.0. The molecule has 0 spiro atoms. The zero-order valence-corrected chi connectivity index (χ0v) is 11.4. The minimum absolute atomic E-state index is 0.463.